The van der Waals surface area contributed by atoms with Gasteiger partial charge in [0.25, 0.3) is 0 Å². The molecule has 1 fully saturated rings. The van der Waals surface area contributed by atoms with Crippen molar-refractivity contribution in [3.05, 3.63) is 0 Å². The van der Waals surface area contributed by atoms with Gasteiger partial charge in [0, 0.05) is 11.5 Å². The predicted molar refractivity (Wildman–Crippen MR) is 50.9 cm³/mol. The average molecular weight is 171 g/mol. The van der Waals surface area contributed by atoms with E-state index in [0.717, 1.165) is 19.3 Å². The molecule has 2 nitrogen and oxygen atoms in total. The lowest BCUT2D eigenvalue weighted by Crippen LogP contribution is -2.45. The first kappa shape index (κ1) is 10.0. The summed E-state index contributed by atoms with van der Waals surface area (Å²) < 4.78 is 0. The molecule has 1 rings (SSSR count). The summed E-state index contributed by atoms with van der Waals surface area (Å²) in [6.45, 7) is 2.39. The summed E-state index contributed by atoms with van der Waals surface area (Å²) in [5, 5.41) is 9.36. The minimum absolute atomic E-state index is 0.0625. The first-order valence-electron chi connectivity index (χ1n) is 5.11. The third-order valence-corrected chi connectivity index (χ3v) is 3.39. The molecule has 3 N–H and O–H groups in total. The molecule has 0 bridgehead atoms. The summed E-state index contributed by atoms with van der Waals surface area (Å²) in [6, 6.07) is 0.197. The number of hydrogen-bond donors (Lipinski definition) is 2. The summed E-state index contributed by atoms with van der Waals surface area (Å²) in [7, 11) is 0. The average Bonchev–Trinajstić information content (AvgIpc) is 2.17. The van der Waals surface area contributed by atoms with Crippen molar-refractivity contribution in [3.8, 4) is 0 Å². The van der Waals surface area contributed by atoms with Crippen LogP contribution in [0, 0.1) is 5.41 Å². The van der Waals surface area contributed by atoms with E-state index in [1.807, 2.05) is 0 Å². The van der Waals surface area contributed by atoms with Crippen LogP contribution in [0.3, 0.4) is 0 Å². The molecule has 0 spiro atoms. The van der Waals surface area contributed by atoms with Gasteiger partial charge in [0.2, 0.25) is 0 Å². The molecule has 1 unspecified atom stereocenters. The summed E-state index contributed by atoms with van der Waals surface area (Å²) in [4.78, 5) is 0. The molecular formula is C10H21NO. The highest BCUT2D eigenvalue weighted by atomic mass is 16.3. The number of aliphatic hydroxyl groups is 1. The largest absolute Gasteiger partial charge is 0.396 e. The van der Waals surface area contributed by atoms with Crippen molar-refractivity contribution in [1.82, 2.24) is 0 Å². The van der Waals surface area contributed by atoms with Gasteiger partial charge in [0.05, 0.1) is 6.61 Å². The van der Waals surface area contributed by atoms with Crippen molar-refractivity contribution in [3.63, 3.8) is 0 Å². The van der Waals surface area contributed by atoms with Crippen molar-refractivity contribution in [2.24, 2.45) is 11.1 Å². The molecule has 0 saturated heterocycles. The Morgan fingerprint density at radius 2 is 1.92 bits per heavy atom. The van der Waals surface area contributed by atoms with E-state index in [2.05, 4.69) is 6.92 Å². The Morgan fingerprint density at radius 3 is 2.33 bits per heavy atom. The van der Waals surface area contributed by atoms with E-state index in [1.165, 1.54) is 19.3 Å². The van der Waals surface area contributed by atoms with Crippen LogP contribution in [-0.2, 0) is 0 Å². The monoisotopic (exact) mass is 171 g/mol. The Bertz CT molecular complexity index is 130. The smallest absolute Gasteiger partial charge is 0.0502 e. The summed E-state index contributed by atoms with van der Waals surface area (Å²) in [5.74, 6) is 0. The van der Waals surface area contributed by atoms with Gasteiger partial charge in [-0.3, -0.25) is 0 Å². The van der Waals surface area contributed by atoms with Gasteiger partial charge in [0.1, 0.15) is 0 Å². The zero-order valence-corrected chi connectivity index (χ0v) is 8.05. The minimum atomic E-state index is 0.0625. The van der Waals surface area contributed by atoms with E-state index in [0.29, 0.717) is 0 Å². The predicted octanol–water partition coefficient (Wildman–Crippen LogP) is 1.67. The Labute approximate surface area is 75.2 Å². The first-order chi connectivity index (χ1) is 5.75. The lowest BCUT2D eigenvalue weighted by Gasteiger charge is -2.40. The van der Waals surface area contributed by atoms with E-state index in [9.17, 15) is 5.11 Å². The topological polar surface area (TPSA) is 46.2 Å². The van der Waals surface area contributed by atoms with Gasteiger partial charge in [0.15, 0.2) is 0 Å². The number of hydrogen-bond acceptors (Lipinski definition) is 2. The van der Waals surface area contributed by atoms with Gasteiger partial charge in [-0.05, 0) is 19.3 Å². The van der Waals surface area contributed by atoms with Crippen LogP contribution >= 0.6 is 0 Å². The Kier molecular flexibility index (Phi) is 3.53. The molecule has 0 amide bonds. The maximum atomic E-state index is 9.36. The summed E-state index contributed by atoms with van der Waals surface area (Å²) >= 11 is 0. The normalized spacial score (nSPS) is 25.2. The quantitative estimate of drug-likeness (QED) is 0.678. The standard InChI is InChI=1S/C10H21NO/c1-2-9(11)10(8-12)6-4-3-5-7-10/h9,12H,2-8,11H2,1H3. The molecule has 1 atom stereocenters. The van der Waals surface area contributed by atoms with E-state index < -0.39 is 0 Å². The zero-order chi connectivity index (χ0) is 9.03. The van der Waals surface area contributed by atoms with Crippen LogP contribution in [0.2, 0.25) is 0 Å². The summed E-state index contributed by atoms with van der Waals surface area (Å²) in [5.41, 5.74) is 6.10. The molecule has 72 valence electrons. The molecule has 0 aromatic heterocycles. The van der Waals surface area contributed by atoms with Crippen LogP contribution in [0.5, 0.6) is 0 Å². The van der Waals surface area contributed by atoms with Crippen LogP contribution in [0.15, 0.2) is 0 Å². The van der Waals surface area contributed by atoms with Crippen LogP contribution in [0.4, 0.5) is 0 Å². The SMILES string of the molecule is CCC(N)C1(CO)CCCCC1. The fraction of sp³-hybridized carbons (Fsp3) is 1.00. The van der Waals surface area contributed by atoms with Crippen molar-refractivity contribution in [1.29, 1.82) is 0 Å². The van der Waals surface area contributed by atoms with Crippen LogP contribution in [-0.4, -0.2) is 17.8 Å². The van der Waals surface area contributed by atoms with E-state index in [-0.39, 0.29) is 18.1 Å². The molecule has 0 aromatic carbocycles. The Hall–Kier alpha value is -0.0800. The van der Waals surface area contributed by atoms with Crippen molar-refractivity contribution in [2.45, 2.75) is 51.5 Å². The van der Waals surface area contributed by atoms with Crippen molar-refractivity contribution >= 4 is 0 Å². The van der Waals surface area contributed by atoms with E-state index in [1.54, 1.807) is 0 Å². The molecule has 12 heavy (non-hydrogen) atoms. The third kappa shape index (κ3) is 1.80. The van der Waals surface area contributed by atoms with Gasteiger partial charge in [-0.25, -0.2) is 0 Å². The Morgan fingerprint density at radius 1 is 1.33 bits per heavy atom. The van der Waals surface area contributed by atoms with Crippen LogP contribution in [0.1, 0.15) is 45.4 Å². The van der Waals surface area contributed by atoms with Crippen molar-refractivity contribution in [2.75, 3.05) is 6.61 Å². The molecule has 1 saturated carbocycles. The molecule has 0 aliphatic heterocycles. The molecular weight excluding hydrogens is 150 g/mol. The lowest BCUT2D eigenvalue weighted by molar-refractivity contribution is 0.0548. The number of aliphatic hydroxyl groups excluding tert-OH is 1. The fourth-order valence-corrected chi connectivity index (χ4v) is 2.34. The van der Waals surface area contributed by atoms with Gasteiger partial charge in [-0.15, -0.1) is 0 Å². The molecule has 0 aromatic rings. The van der Waals surface area contributed by atoms with Gasteiger partial charge < -0.3 is 10.8 Å². The minimum Gasteiger partial charge on any atom is -0.396 e. The highest BCUT2D eigenvalue weighted by Crippen LogP contribution is 2.38. The zero-order valence-electron chi connectivity index (χ0n) is 8.05. The maximum absolute atomic E-state index is 9.36. The van der Waals surface area contributed by atoms with Crippen LogP contribution in [0.25, 0.3) is 0 Å². The first-order valence-corrected chi connectivity index (χ1v) is 5.11. The molecule has 1 aliphatic carbocycles. The lowest BCUT2D eigenvalue weighted by atomic mass is 9.69. The maximum Gasteiger partial charge on any atom is 0.0502 e. The second-order valence-corrected chi connectivity index (χ2v) is 4.10. The van der Waals surface area contributed by atoms with Gasteiger partial charge >= 0.3 is 0 Å². The fourth-order valence-electron chi connectivity index (χ4n) is 2.34. The van der Waals surface area contributed by atoms with Gasteiger partial charge in [-0.2, -0.15) is 0 Å². The number of rotatable bonds is 3. The van der Waals surface area contributed by atoms with Gasteiger partial charge in [-0.1, -0.05) is 26.2 Å². The van der Waals surface area contributed by atoms with Crippen molar-refractivity contribution < 1.29 is 5.11 Å². The number of nitrogens with two attached hydrogens (primary N) is 1. The second-order valence-electron chi connectivity index (χ2n) is 4.10. The summed E-state index contributed by atoms with van der Waals surface area (Å²) in [6.07, 6.45) is 7.04. The molecule has 2 heteroatoms. The molecule has 0 heterocycles. The van der Waals surface area contributed by atoms with E-state index in [4.69, 9.17) is 5.73 Å². The van der Waals surface area contributed by atoms with E-state index >= 15 is 0 Å². The highest BCUT2D eigenvalue weighted by molar-refractivity contribution is 4.90. The Balaban J connectivity index is 2.59. The molecule has 0 radical (unpaired) electrons. The third-order valence-electron chi connectivity index (χ3n) is 3.39. The molecule has 1 aliphatic rings. The van der Waals surface area contributed by atoms with Crippen LogP contribution < -0.4 is 5.73 Å². The highest BCUT2D eigenvalue weighted by Gasteiger charge is 2.36. The second kappa shape index (κ2) is 4.24.